The molecule has 8 nitrogen and oxygen atoms in total. The first-order valence-electron chi connectivity index (χ1n) is 8.05. The van der Waals surface area contributed by atoms with Gasteiger partial charge in [0.1, 0.15) is 24.3 Å². The standard InChI is InChI=1S/C16H15Cl3F2N2O6/c17-16(18,19)7-29-15(28)22(5-8-1-2-9(20)3-11(8)21)10-4-12(13(24)25)23(6-10)14(26)27/h1-3,10,12H,4-7H2,(H,24,25)(H,26,27). The number of amides is 2. The van der Waals surface area contributed by atoms with Crippen LogP contribution in [0.5, 0.6) is 0 Å². The van der Waals surface area contributed by atoms with Gasteiger partial charge in [-0.05, 0) is 6.07 Å². The summed E-state index contributed by atoms with van der Waals surface area (Å²) >= 11 is 16.6. The van der Waals surface area contributed by atoms with Crippen LogP contribution in [-0.4, -0.2) is 67.2 Å². The Morgan fingerprint density at radius 1 is 1.24 bits per heavy atom. The fraction of sp³-hybridized carbons (Fsp3) is 0.438. The minimum atomic E-state index is -1.94. The second kappa shape index (κ2) is 9.19. The molecule has 0 saturated carbocycles. The van der Waals surface area contributed by atoms with E-state index in [9.17, 15) is 33.4 Å². The third-order valence-electron chi connectivity index (χ3n) is 4.20. The third kappa shape index (κ3) is 6.22. The number of benzene rings is 1. The molecule has 1 aromatic rings. The highest BCUT2D eigenvalue weighted by molar-refractivity contribution is 6.67. The zero-order valence-corrected chi connectivity index (χ0v) is 16.8. The number of likely N-dealkylation sites (tertiary alicyclic amines) is 1. The Hall–Kier alpha value is -2.04. The average Bonchev–Trinajstić information content (AvgIpc) is 3.04. The molecule has 160 valence electrons. The summed E-state index contributed by atoms with van der Waals surface area (Å²) in [4.78, 5) is 36.8. The van der Waals surface area contributed by atoms with E-state index in [1.807, 2.05) is 0 Å². The summed E-state index contributed by atoms with van der Waals surface area (Å²) in [5, 5.41) is 18.5. The van der Waals surface area contributed by atoms with Gasteiger partial charge in [0.25, 0.3) is 0 Å². The first-order chi connectivity index (χ1) is 13.4. The number of rotatable bonds is 5. The molecular weight excluding hydrogens is 461 g/mol. The van der Waals surface area contributed by atoms with Crippen LogP contribution >= 0.6 is 34.8 Å². The Labute approximate surface area is 178 Å². The summed E-state index contributed by atoms with van der Waals surface area (Å²) in [5.41, 5.74) is -0.0992. The average molecular weight is 476 g/mol. The summed E-state index contributed by atoms with van der Waals surface area (Å²) in [6.07, 6.45) is -2.85. The summed E-state index contributed by atoms with van der Waals surface area (Å²) in [5.74, 6) is -3.19. The second-order valence-electron chi connectivity index (χ2n) is 6.21. The molecule has 13 heteroatoms. The number of carbonyl (C=O) groups excluding carboxylic acids is 1. The summed E-state index contributed by atoms with van der Waals surface area (Å²) in [6, 6.07) is 0.289. The number of carbonyl (C=O) groups is 3. The molecule has 2 rings (SSSR count). The van der Waals surface area contributed by atoms with Gasteiger partial charge in [0.05, 0.1) is 12.6 Å². The number of halogens is 5. The Bertz CT molecular complexity index is 785. The summed E-state index contributed by atoms with van der Waals surface area (Å²) < 4.78 is 30.2. The van der Waals surface area contributed by atoms with E-state index in [4.69, 9.17) is 39.5 Å². The molecule has 0 aromatic heterocycles. The number of carboxylic acids is 1. The number of aliphatic carboxylic acids is 1. The van der Waals surface area contributed by atoms with Crippen LogP contribution in [0, 0.1) is 11.6 Å². The normalized spacial score (nSPS) is 19.1. The van der Waals surface area contributed by atoms with Crippen molar-refractivity contribution in [2.24, 2.45) is 0 Å². The molecule has 1 fully saturated rings. The van der Waals surface area contributed by atoms with Gasteiger partial charge in [-0.1, -0.05) is 40.9 Å². The topological polar surface area (TPSA) is 107 Å². The van der Waals surface area contributed by atoms with Crippen molar-refractivity contribution in [1.29, 1.82) is 0 Å². The largest absolute Gasteiger partial charge is 0.480 e. The summed E-state index contributed by atoms with van der Waals surface area (Å²) in [7, 11) is 0. The van der Waals surface area contributed by atoms with E-state index < -0.39 is 58.8 Å². The highest BCUT2D eigenvalue weighted by Gasteiger charge is 2.44. The van der Waals surface area contributed by atoms with Crippen molar-refractivity contribution in [3.63, 3.8) is 0 Å². The number of alkyl halides is 3. The van der Waals surface area contributed by atoms with Crippen LogP contribution in [0.2, 0.25) is 0 Å². The molecule has 1 aromatic carbocycles. The van der Waals surface area contributed by atoms with Gasteiger partial charge in [-0.2, -0.15) is 0 Å². The van der Waals surface area contributed by atoms with Crippen molar-refractivity contribution in [2.45, 2.75) is 28.8 Å². The van der Waals surface area contributed by atoms with Crippen molar-refractivity contribution in [3.05, 3.63) is 35.4 Å². The lowest BCUT2D eigenvalue weighted by Gasteiger charge is -2.29. The molecule has 2 N–H and O–H groups in total. The lowest BCUT2D eigenvalue weighted by Crippen LogP contribution is -2.43. The fourth-order valence-electron chi connectivity index (χ4n) is 2.89. The molecule has 1 saturated heterocycles. The molecule has 2 unspecified atom stereocenters. The molecular formula is C16H15Cl3F2N2O6. The quantitative estimate of drug-likeness (QED) is 0.632. The van der Waals surface area contributed by atoms with Gasteiger partial charge in [0, 0.05) is 24.6 Å². The molecule has 1 aliphatic heterocycles. The van der Waals surface area contributed by atoms with Gasteiger partial charge in [0.15, 0.2) is 0 Å². The van der Waals surface area contributed by atoms with Crippen LogP contribution < -0.4 is 0 Å². The number of carboxylic acid groups (broad SMARTS) is 2. The summed E-state index contributed by atoms with van der Waals surface area (Å²) in [6.45, 7) is -1.47. The molecule has 29 heavy (non-hydrogen) atoms. The van der Waals surface area contributed by atoms with Gasteiger partial charge in [0.2, 0.25) is 3.79 Å². The molecule has 0 spiro atoms. The van der Waals surface area contributed by atoms with Crippen LogP contribution in [0.25, 0.3) is 0 Å². The van der Waals surface area contributed by atoms with Crippen molar-refractivity contribution in [3.8, 4) is 0 Å². The minimum Gasteiger partial charge on any atom is -0.480 e. The Balaban J connectivity index is 2.30. The predicted molar refractivity (Wildman–Crippen MR) is 98.1 cm³/mol. The van der Waals surface area contributed by atoms with Crippen molar-refractivity contribution in [1.82, 2.24) is 9.80 Å². The maximum atomic E-state index is 14.1. The number of nitrogens with zero attached hydrogens (tertiary/aromatic N) is 2. The van der Waals surface area contributed by atoms with E-state index in [1.165, 1.54) is 0 Å². The van der Waals surface area contributed by atoms with Crippen LogP contribution in [0.3, 0.4) is 0 Å². The Morgan fingerprint density at radius 2 is 1.90 bits per heavy atom. The second-order valence-corrected chi connectivity index (χ2v) is 8.73. The Kier molecular flexibility index (Phi) is 7.36. The molecule has 0 radical (unpaired) electrons. The molecule has 1 heterocycles. The van der Waals surface area contributed by atoms with Crippen LogP contribution in [0.4, 0.5) is 18.4 Å². The van der Waals surface area contributed by atoms with E-state index in [2.05, 4.69) is 0 Å². The van der Waals surface area contributed by atoms with E-state index in [0.717, 1.165) is 17.0 Å². The number of hydrogen-bond donors (Lipinski definition) is 2. The monoisotopic (exact) mass is 474 g/mol. The predicted octanol–water partition coefficient (Wildman–Crippen LogP) is 3.48. The zero-order valence-electron chi connectivity index (χ0n) is 14.5. The van der Waals surface area contributed by atoms with Crippen LogP contribution in [0.15, 0.2) is 18.2 Å². The highest BCUT2D eigenvalue weighted by atomic mass is 35.6. The van der Waals surface area contributed by atoms with Crippen molar-refractivity contribution in [2.75, 3.05) is 13.2 Å². The van der Waals surface area contributed by atoms with Crippen molar-refractivity contribution >= 4 is 53.0 Å². The van der Waals surface area contributed by atoms with Gasteiger partial charge in [-0.15, -0.1) is 0 Å². The lowest BCUT2D eigenvalue weighted by atomic mass is 10.1. The van der Waals surface area contributed by atoms with Gasteiger partial charge < -0.3 is 14.9 Å². The van der Waals surface area contributed by atoms with Crippen LogP contribution in [0.1, 0.15) is 12.0 Å². The van der Waals surface area contributed by atoms with E-state index in [0.29, 0.717) is 11.0 Å². The van der Waals surface area contributed by atoms with Crippen LogP contribution in [-0.2, 0) is 16.1 Å². The number of ether oxygens (including phenoxy) is 1. The maximum Gasteiger partial charge on any atom is 0.410 e. The zero-order chi connectivity index (χ0) is 21.9. The van der Waals surface area contributed by atoms with E-state index in [-0.39, 0.29) is 18.5 Å². The minimum absolute atomic E-state index is 0.0992. The van der Waals surface area contributed by atoms with Gasteiger partial charge in [-0.3, -0.25) is 9.80 Å². The van der Waals surface area contributed by atoms with Gasteiger partial charge in [-0.25, -0.2) is 23.2 Å². The first kappa shape index (κ1) is 23.2. The van der Waals surface area contributed by atoms with Crippen molar-refractivity contribution < 1.29 is 38.1 Å². The molecule has 0 bridgehead atoms. The maximum absolute atomic E-state index is 14.1. The third-order valence-corrected chi connectivity index (χ3v) is 4.53. The molecule has 1 aliphatic rings. The molecule has 2 atom stereocenters. The highest BCUT2D eigenvalue weighted by Crippen LogP contribution is 2.28. The SMILES string of the molecule is O=C(O)C1CC(N(Cc2ccc(F)cc2F)C(=O)OCC(Cl)(Cl)Cl)CN1C(=O)O. The molecule has 0 aliphatic carbocycles. The smallest absolute Gasteiger partial charge is 0.410 e. The number of hydrogen-bond acceptors (Lipinski definition) is 4. The molecule has 2 amide bonds. The Morgan fingerprint density at radius 3 is 2.38 bits per heavy atom. The van der Waals surface area contributed by atoms with E-state index >= 15 is 0 Å². The fourth-order valence-corrected chi connectivity index (χ4v) is 3.05. The first-order valence-corrected chi connectivity index (χ1v) is 9.19. The lowest BCUT2D eigenvalue weighted by molar-refractivity contribution is -0.141. The van der Waals surface area contributed by atoms with Gasteiger partial charge >= 0.3 is 18.2 Å². The van der Waals surface area contributed by atoms with E-state index in [1.54, 1.807) is 0 Å².